The minimum absolute atomic E-state index is 0.631. The Bertz CT molecular complexity index is 648. The number of aryl methyl sites for hydroxylation is 1. The number of aromatic nitrogens is 4. The lowest BCUT2D eigenvalue weighted by Gasteiger charge is -1.93. The van der Waals surface area contributed by atoms with E-state index in [4.69, 9.17) is 5.73 Å². The van der Waals surface area contributed by atoms with Crippen LogP contribution in [-0.2, 0) is 13.5 Å². The van der Waals surface area contributed by atoms with E-state index in [-0.39, 0.29) is 0 Å². The third-order valence-electron chi connectivity index (χ3n) is 2.64. The Balaban J connectivity index is 2.07. The highest BCUT2D eigenvalue weighted by molar-refractivity contribution is 7.15. The molecule has 6 heteroatoms. The van der Waals surface area contributed by atoms with Crippen LogP contribution in [0.3, 0.4) is 0 Å². The molecule has 0 radical (unpaired) electrons. The maximum atomic E-state index is 5.57. The maximum Gasteiger partial charge on any atom is 0.212 e. The monoisotopic (exact) mass is 247 g/mol. The van der Waals surface area contributed by atoms with Gasteiger partial charge < -0.3 is 10.3 Å². The number of thiazole rings is 1. The van der Waals surface area contributed by atoms with Crippen LogP contribution in [0.2, 0.25) is 0 Å². The van der Waals surface area contributed by atoms with Crippen molar-refractivity contribution in [3.8, 4) is 11.4 Å². The van der Waals surface area contributed by atoms with Gasteiger partial charge in [0.25, 0.3) is 0 Å². The van der Waals surface area contributed by atoms with Crippen molar-refractivity contribution in [1.29, 1.82) is 0 Å². The van der Waals surface area contributed by atoms with Gasteiger partial charge in [0.2, 0.25) is 4.96 Å². The summed E-state index contributed by atoms with van der Waals surface area (Å²) in [6, 6.07) is 2.02. The SMILES string of the molecule is Cn1ccc(-c2nc3scc(CCN)n3n2)c1. The molecule has 3 heterocycles. The van der Waals surface area contributed by atoms with E-state index in [0.717, 1.165) is 28.5 Å². The fourth-order valence-corrected chi connectivity index (χ4v) is 2.66. The van der Waals surface area contributed by atoms with E-state index in [1.165, 1.54) is 0 Å². The first-order valence-electron chi connectivity index (χ1n) is 5.43. The van der Waals surface area contributed by atoms with Crippen LogP contribution >= 0.6 is 11.3 Å². The van der Waals surface area contributed by atoms with Gasteiger partial charge in [0, 0.05) is 36.8 Å². The summed E-state index contributed by atoms with van der Waals surface area (Å²) in [5.74, 6) is 0.774. The Morgan fingerprint density at radius 1 is 1.47 bits per heavy atom. The minimum Gasteiger partial charge on any atom is -0.357 e. The number of hydrogen-bond acceptors (Lipinski definition) is 4. The van der Waals surface area contributed by atoms with Crippen molar-refractivity contribution >= 4 is 16.3 Å². The summed E-state index contributed by atoms with van der Waals surface area (Å²) in [4.78, 5) is 5.44. The predicted molar refractivity (Wildman–Crippen MR) is 68.0 cm³/mol. The van der Waals surface area contributed by atoms with E-state index < -0.39 is 0 Å². The molecular weight excluding hydrogens is 234 g/mol. The first-order valence-corrected chi connectivity index (χ1v) is 6.31. The number of nitrogens with two attached hydrogens (primary N) is 1. The highest BCUT2D eigenvalue weighted by Gasteiger charge is 2.11. The molecule has 0 amide bonds. The molecule has 0 aliphatic heterocycles. The van der Waals surface area contributed by atoms with E-state index >= 15 is 0 Å². The van der Waals surface area contributed by atoms with Crippen molar-refractivity contribution in [2.24, 2.45) is 12.8 Å². The molecule has 0 aliphatic carbocycles. The molecule has 0 spiro atoms. The molecular formula is C11H13N5S. The van der Waals surface area contributed by atoms with Gasteiger partial charge in [-0.2, -0.15) is 4.98 Å². The molecule has 0 aromatic carbocycles. The molecule has 0 saturated heterocycles. The number of fused-ring (bicyclic) bond motifs is 1. The first kappa shape index (κ1) is 10.5. The smallest absolute Gasteiger partial charge is 0.212 e. The Morgan fingerprint density at radius 3 is 3.06 bits per heavy atom. The largest absolute Gasteiger partial charge is 0.357 e. The Hall–Kier alpha value is -1.66. The highest BCUT2D eigenvalue weighted by atomic mass is 32.1. The number of rotatable bonds is 3. The normalized spacial score (nSPS) is 11.4. The standard InChI is InChI=1S/C11H13N5S/c1-15-5-3-8(6-15)10-13-11-16(14-10)9(2-4-12)7-17-11/h3,5-7H,2,4,12H2,1H3. The second kappa shape index (κ2) is 3.97. The molecule has 0 bridgehead atoms. The van der Waals surface area contributed by atoms with Crippen LogP contribution in [-0.4, -0.2) is 25.7 Å². The van der Waals surface area contributed by atoms with E-state index in [1.54, 1.807) is 11.3 Å². The quantitative estimate of drug-likeness (QED) is 0.759. The summed E-state index contributed by atoms with van der Waals surface area (Å²) < 4.78 is 3.88. The highest BCUT2D eigenvalue weighted by Crippen LogP contribution is 2.20. The zero-order chi connectivity index (χ0) is 11.8. The predicted octanol–water partition coefficient (Wildman–Crippen LogP) is 1.30. The van der Waals surface area contributed by atoms with Gasteiger partial charge in [-0.3, -0.25) is 0 Å². The van der Waals surface area contributed by atoms with Crippen LogP contribution in [0.25, 0.3) is 16.3 Å². The average molecular weight is 247 g/mol. The Morgan fingerprint density at radius 2 is 2.35 bits per heavy atom. The lowest BCUT2D eigenvalue weighted by Crippen LogP contribution is -2.05. The molecule has 0 fully saturated rings. The van der Waals surface area contributed by atoms with Gasteiger partial charge in [-0.1, -0.05) is 0 Å². The Kier molecular flexibility index (Phi) is 2.45. The summed E-state index contributed by atoms with van der Waals surface area (Å²) in [7, 11) is 1.99. The van der Waals surface area contributed by atoms with Gasteiger partial charge in [0.15, 0.2) is 5.82 Å². The van der Waals surface area contributed by atoms with Crippen LogP contribution in [0.1, 0.15) is 5.69 Å². The average Bonchev–Trinajstić information content (AvgIpc) is 2.95. The minimum atomic E-state index is 0.631. The van der Waals surface area contributed by atoms with Gasteiger partial charge in [0.05, 0.1) is 5.69 Å². The van der Waals surface area contributed by atoms with Crippen LogP contribution in [0.4, 0.5) is 0 Å². The molecule has 88 valence electrons. The molecule has 2 N–H and O–H groups in total. The lowest BCUT2D eigenvalue weighted by molar-refractivity contribution is 0.843. The summed E-state index contributed by atoms with van der Waals surface area (Å²) in [6.45, 7) is 0.631. The van der Waals surface area contributed by atoms with E-state index in [9.17, 15) is 0 Å². The maximum absolute atomic E-state index is 5.57. The van der Waals surface area contributed by atoms with Crippen LogP contribution < -0.4 is 5.73 Å². The molecule has 0 unspecified atom stereocenters. The van der Waals surface area contributed by atoms with Crippen LogP contribution in [0.15, 0.2) is 23.8 Å². The van der Waals surface area contributed by atoms with E-state index in [2.05, 4.69) is 15.5 Å². The van der Waals surface area contributed by atoms with Gasteiger partial charge >= 0.3 is 0 Å². The summed E-state index contributed by atoms with van der Waals surface area (Å²) in [6.07, 6.45) is 4.84. The third-order valence-corrected chi connectivity index (χ3v) is 3.51. The number of nitrogens with zero attached hydrogens (tertiary/aromatic N) is 4. The van der Waals surface area contributed by atoms with Crippen molar-refractivity contribution in [2.45, 2.75) is 6.42 Å². The lowest BCUT2D eigenvalue weighted by atomic mass is 10.3. The molecule has 3 aromatic rings. The topological polar surface area (TPSA) is 61.1 Å². The molecule has 0 atom stereocenters. The second-order valence-electron chi connectivity index (χ2n) is 3.96. The fourth-order valence-electron chi connectivity index (χ4n) is 1.80. The molecule has 17 heavy (non-hydrogen) atoms. The first-order chi connectivity index (χ1) is 8.28. The fraction of sp³-hybridized carbons (Fsp3) is 0.273. The summed E-state index contributed by atoms with van der Waals surface area (Å²) >= 11 is 1.60. The van der Waals surface area contributed by atoms with E-state index in [0.29, 0.717) is 6.54 Å². The Labute approximate surface area is 103 Å². The van der Waals surface area contributed by atoms with Crippen molar-refractivity contribution in [3.63, 3.8) is 0 Å². The van der Waals surface area contributed by atoms with Gasteiger partial charge in [-0.15, -0.1) is 16.4 Å². The molecule has 5 nitrogen and oxygen atoms in total. The van der Waals surface area contributed by atoms with Crippen LogP contribution in [0.5, 0.6) is 0 Å². The van der Waals surface area contributed by atoms with Crippen molar-refractivity contribution in [3.05, 3.63) is 29.5 Å². The zero-order valence-electron chi connectivity index (χ0n) is 9.50. The molecule has 3 aromatic heterocycles. The summed E-state index contributed by atoms with van der Waals surface area (Å²) in [5.41, 5.74) is 7.74. The molecule has 3 rings (SSSR count). The number of hydrogen-bond donors (Lipinski definition) is 1. The van der Waals surface area contributed by atoms with E-state index in [1.807, 2.05) is 34.6 Å². The van der Waals surface area contributed by atoms with Crippen molar-refractivity contribution < 1.29 is 0 Å². The van der Waals surface area contributed by atoms with Crippen LogP contribution in [0, 0.1) is 0 Å². The molecule has 0 saturated carbocycles. The van der Waals surface area contributed by atoms with Gasteiger partial charge in [0.1, 0.15) is 0 Å². The van der Waals surface area contributed by atoms with Crippen molar-refractivity contribution in [2.75, 3.05) is 6.54 Å². The van der Waals surface area contributed by atoms with Gasteiger partial charge in [-0.25, -0.2) is 4.52 Å². The second-order valence-corrected chi connectivity index (χ2v) is 4.80. The zero-order valence-corrected chi connectivity index (χ0v) is 10.3. The summed E-state index contributed by atoms with van der Waals surface area (Å²) in [5, 5.41) is 6.59. The third kappa shape index (κ3) is 1.75. The molecule has 0 aliphatic rings. The van der Waals surface area contributed by atoms with Crippen molar-refractivity contribution in [1.82, 2.24) is 19.2 Å². The van der Waals surface area contributed by atoms with Gasteiger partial charge in [-0.05, 0) is 12.6 Å².